The van der Waals surface area contributed by atoms with Crippen molar-refractivity contribution in [1.29, 1.82) is 0 Å². The molecule has 58 valence electrons. The average Bonchev–Trinajstić information content (AvgIpc) is 2.04. The first kappa shape index (κ1) is 7.60. The molecule has 0 aliphatic carbocycles. The molecule has 2 N–H and O–H groups in total. The summed E-state index contributed by atoms with van der Waals surface area (Å²) >= 11 is 0. The zero-order valence-electron chi connectivity index (χ0n) is 6.32. The molecule has 0 saturated carbocycles. The number of nitrogen functional groups attached to an aromatic ring is 1. The molecule has 0 radical (unpaired) electrons. The predicted molar refractivity (Wildman–Crippen MR) is 45.5 cm³/mol. The van der Waals surface area contributed by atoms with Crippen LogP contribution in [0.3, 0.4) is 0 Å². The highest BCUT2D eigenvalue weighted by Crippen LogP contribution is 2.02. The van der Waals surface area contributed by atoms with Crippen LogP contribution in [0.15, 0.2) is 29.4 Å². The van der Waals surface area contributed by atoms with Crippen LogP contribution in [0.1, 0.15) is 5.56 Å². The number of rotatable bonds is 2. The maximum atomic E-state index is 5.48. The molecule has 11 heavy (non-hydrogen) atoms. The van der Waals surface area contributed by atoms with Gasteiger partial charge in [-0.1, -0.05) is 17.3 Å². The Morgan fingerprint density at radius 1 is 1.36 bits per heavy atom. The van der Waals surface area contributed by atoms with E-state index < -0.39 is 0 Å². The smallest absolute Gasteiger partial charge is 0.106 e. The minimum atomic E-state index is 0.750. The van der Waals surface area contributed by atoms with Gasteiger partial charge in [-0.25, -0.2) is 0 Å². The standard InChI is InChI=1S/C8H10N2O/c1-11-10-6-7-2-4-8(9)5-3-7/h2-6H,9H2,1H3. The zero-order chi connectivity index (χ0) is 8.10. The Balaban J connectivity index is 2.73. The summed E-state index contributed by atoms with van der Waals surface area (Å²) in [4.78, 5) is 4.51. The van der Waals surface area contributed by atoms with Crippen molar-refractivity contribution in [3.63, 3.8) is 0 Å². The molecule has 0 heterocycles. The molecular weight excluding hydrogens is 140 g/mol. The summed E-state index contributed by atoms with van der Waals surface area (Å²) in [6.45, 7) is 0. The fourth-order valence-corrected chi connectivity index (χ4v) is 0.696. The van der Waals surface area contributed by atoms with E-state index in [1.165, 1.54) is 7.11 Å². The maximum Gasteiger partial charge on any atom is 0.106 e. The predicted octanol–water partition coefficient (Wildman–Crippen LogP) is 1.25. The molecule has 0 unspecified atom stereocenters. The number of nitrogens with two attached hydrogens (primary N) is 1. The van der Waals surface area contributed by atoms with E-state index in [-0.39, 0.29) is 0 Å². The summed E-state index contributed by atoms with van der Waals surface area (Å²) < 4.78 is 0. The summed E-state index contributed by atoms with van der Waals surface area (Å²) in [5.74, 6) is 0. The lowest BCUT2D eigenvalue weighted by Gasteiger charge is -1.92. The van der Waals surface area contributed by atoms with Gasteiger partial charge in [-0.3, -0.25) is 0 Å². The van der Waals surface area contributed by atoms with Crippen LogP contribution in [-0.2, 0) is 4.84 Å². The molecule has 0 aliphatic rings. The van der Waals surface area contributed by atoms with Crippen LogP contribution in [0.5, 0.6) is 0 Å². The molecule has 0 fully saturated rings. The van der Waals surface area contributed by atoms with Gasteiger partial charge in [-0.05, 0) is 17.7 Å². The van der Waals surface area contributed by atoms with Gasteiger partial charge in [0.15, 0.2) is 0 Å². The topological polar surface area (TPSA) is 47.6 Å². The Labute approximate surface area is 65.5 Å². The SMILES string of the molecule is CON=Cc1ccc(N)cc1. The quantitative estimate of drug-likeness (QED) is 0.392. The second-order valence-electron chi connectivity index (χ2n) is 2.08. The third-order valence-electron chi connectivity index (χ3n) is 1.24. The van der Waals surface area contributed by atoms with Gasteiger partial charge in [0.1, 0.15) is 7.11 Å². The summed E-state index contributed by atoms with van der Waals surface area (Å²) in [6, 6.07) is 7.38. The van der Waals surface area contributed by atoms with Crippen molar-refractivity contribution in [2.45, 2.75) is 0 Å². The largest absolute Gasteiger partial charge is 0.399 e. The number of oxime groups is 1. The molecule has 3 heteroatoms. The van der Waals surface area contributed by atoms with Crippen molar-refractivity contribution in [1.82, 2.24) is 0 Å². The van der Waals surface area contributed by atoms with Gasteiger partial charge in [-0.2, -0.15) is 0 Å². The number of hydrogen-bond acceptors (Lipinski definition) is 3. The van der Waals surface area contributed by atoms with Crippen LogP contribution in [0.4, 0.5) is 5.69 Å². The van der Waals surface area contributed by atoms with Crippen LogP contribution >= 0.6 is 0 Å². The van der Waals surface area contributed by atoms with E-state index >= 15 is 0 Å². The van der Waals surface area contributed by atoms with Crippen molar-refractivity contribution in [3.05, 3.63) is 29.8 Å². The highest BCUT2D eigenvalue weighted by atomic mass is 16.6. The van der Waals surface area contributed by atoms with Crippen LogP contribution in [-0.4, -0.2) is 13.3 Å². The van der Waals surface area contributed by atoms with Gasteiger partial charge < -0.3 is 10.6 Å². The highest BCUT2D eigenvalue weighted by molar-refractivity contribution is 5.79. The molecule has 1 aromatic rings. The molecule has 0 spiro atoms. The Morgan fingerprint density at radius 2 is 2.00 bits per heavy atom. The highest BCUT2D eigenvalue weighted by Gasteiger charge is 1.85. The molecule has 3 nitrogen and oxygen atoms in total. The van der Waals surface area contributed by atoms with Gasteiger partial charge in [-0.15, -0.1) is 0 Å². The number of benzene rings is 1. The normalized spacial score (nSPS) is 10.3. The molecule has 0 amide bonds. The molecular formula is C8H10N2O. The average molecular weight is 150 g/mol. The zero-order valence-corrected chi connectivity index (χ0v) is 6.32. The summed E-state index contributed by atoms with van der Waals surface area (Å²) in [6.07, 6.45) is 1.62. The van der Waals surface area contributed by atoms with Crippen LogP contribution in [0, 0.1) is 0 Å². The molecule has 1 rings (SSSR count). The van der Waals surface area contributed by atoms with Crippen molar-refractivity contribution in [2.75, 3.05) is 12.8 Å². The minimum Gasteiger partial charge on any atom is -0.399 e. The van der Waals surface area contributed by atoms with Crippen LogP contribution in [0.25, 0.3) is 0 Å². The van der Waals surface area contributed by atoms with Gasteiger partial charge in [0.05, 0.1) is 6.21 Å². The first-order valence-corrected chi connectivity index (χ1v) is 3.25. The van der Waals surface area contributed by atoms with Gasteiger partial charge in [0, 0.05) is 5.69 Å². The summed E-state index contributed by atoms with van der Waals surface area (Å²) in [7, 11) is 1.51. The third-order valence-corrected chi connectivity index (χ3v) is 1.24. The minimum absolute atomic E-state index is 0.750. The Hall–Kier alpha value is -1.51. The molecule has 0 aromatic heterocycles. The molecule has 1 aromatic carbocycles. The second-order valence-corrected chi connectivity index (χ2v) is 2.08. The first-order valence-electron chi connectivity index (χ1n) is 3.25. The number of anilines is 1. The van der Waals surface area contributed by atoms with E-state index in [2.05, 4.69) is 9.99 Å². The van der Waals surface area contributed by atoms with Gasteiger partial charge >= 0.3 is 0 Å². The molecule has 0 atom stereocenters. The van der Waals surface area contributed by atoms with Gasteiger partial charge in [0.2, 0.25) is 0 Å². The lowest BCUT2D eigenvalue weighted by atomic mass is 10.2. The van der Waals surface area contributed by atoms with Crippen molar-refractivity contribution in [2.24, 2.45) is 5.16 Å². The van der Waals surface area contributed by atoms with E-state index in [1.54, 1.807) is 6.21 Å². The monoisotopic (exact) mass is 150 g/mol. The summed E-state index contributed by atoms with van der Waals surface area (Å²) in [5, 5.41) is 3.61. The lowest BCUT2D eigenvalue weighted by molar-refractivity contribution is 0.215. The lowest BCUT2D eigenvalue weighted by Crippen LogP contribution is -1.85. The van der Waals surface area contributed by atoms with E-state index in [4.69, 9.17) is 5.73 Å². The number of hydrogen-bond donors (Lipinski definition) is 1. The van der Waals surface area contributed by atoms with Crippen LogP contribution < -0.4 is 5.73 Å². The van der Waals surface area contributed by atoms with E-state index in [1.807, 2.05) is 24.3 Å². The second kappa shape index (κ2) is 3.61. The Kier molecular flexibility index (Phi) is 2.49. The molecule has 0 saturated heterocycles. The summed E-state index contributed by atoms with van der Waals surface area (Å²) in [5.41, 5.74) is 7.20. The first-order chi connectivity index (χ1) is 5.33. The van der Waals surface area contributed by atoms with E-state index in [9.17, 15) is 0 Å². The van der Waals surface area contributed by atoms with Crippen molar-refractivity contribution in [3.8, 4) is 0 Å². The third kappa shape index (κ3) is 2.29. The Bertz CT molecular complexity index is 241. The van der Waals surface area contributed by atoms with Gasteiger partial charge in [0.25, 0.3) is 0 Å². The fraction of sp³-hybridized carbons (Fsp3) is 0.125. The molecule has 0 bridgehead atoms. The number of nitrogens with zero attached hydrogens (tertiary/aromatic N) is 1. The maximum absolute atomic E-state index is 5.48. The van der Waals surface area contributed by atoms with E-state index in [0.29, 0.717) is 0 Å². The van der Waals surface area contributed by atoms with Crippen molar-refractivity contribution >= 4 is 11.9 Å². The van der Waals surface area contributed by atoms with E-state index in [0.717, 1.165) is 11.3 Å². The Morgan fingerprint density at radius 3 is 2.55 bits per heavy atom. The van der Waals surface area contributed by atoms with Crippen molar-refractivity contribution < 1.29 is 4.84 Å². The van der Waals surface area contributed by atoms with Crippen LogP contribution in [0.2, 0.25) is 0 Å². The fourth-order valence-electron chi connectivity index (χ4n) is 0.696. The molecule has 0 aliphatic heterocycles.